The van der Waals surface area contributed by atoms with Gasteiger partial charge in [0.15, 0.2) is 0 Å². The standard InChI is InChI=1S/C15H15F3N2O/c1-10-7-11(9-19-2)8-14(20-10)21-13-6-4-3-5-12(13)15(16,17)18/h3-8,19H,9H2,1-2H3. The van der Waals surface area contributed by atoms with E-state index < -0.39 is 11.7 Å². The van der Waals surface area contributed by atoms with Crippen LogP contribution in [0.15, 0.2) is 36.4 Å². The Bertz CT molecular complexity index is 627. The highest BCUT2D eigenvalue weighted by atomic mass is 19.4. The highest BCUT2D eigenvalue weighted by molar-refractivity contribution is 5.38. The van der Waals surface area contributed by atoms with E-state index in [4.69, 9.17) is 4.74 Å². The quantitative estimate of drug-likeness (QED) is 0.928. The summed E-state index contributed by atoms with van der Waals surface area (Å²) in [6, 6.07) is 8.56. The lowest BCUT2D eigenvalue weighted by Crippen LogP contribution is -2.08. The van der Waals surface area contributed by atoms with Crippen LogP contribution in [0, 0.1) is 6.92 Å². The molecule has 1 aromatic carbocycles. The van der Waals surface area contributed by atoms with E-state index in [1.165, 1.54) is 18.2 Å². The van der Waals surface area contributed by atoms with Crippen molar-refractivity contribution in [3.8, 4) is 11.6 Å². The smallest absolute Gasteiger partial charge is 0.419 e. The van der Waals surface area contributed by atoms with Crippen LogP contribution in [-0.2, 0) is 12.7 Å². The van der Waals surface area contributed by atoms with Crippen LogP contribution in [0.25, 0.3) is 0 Å². The Hall–Kier alpha value is -2.08. The first-order valence-corrected chi connectivity index (χ1v) is 6.36. The molecule has 0 aliphatic heterocycles. The molecule has 1 N–H and O–H groups in total. The number of hydrogen-bond donors (Lipinski definition) is 1. The van der Waals surface area contributed by atoms with Crippen molar-refractivity contribution in [3.63, 3.8) is 0 Å². The third-order valence-corrected chi connectivity index (χ3v) is 2.78. The Labute approximate surface area is 120 Å². The van der Waals surface area contributed by atoms with E-state index in [-0.39, 0.29) is 11.6 Å². The molecule has 0 bridgehead atoms. The third-order valence-electron chi connectivity index (χ3n) is 2.78. The van der Waals surface area contributed by atoms with E-state index in [9.17, 15) is 13.2 Å². The molecule has 0 radical (unpaired) electrons. The molecule has 21 heavy (non-hydrogen) atoms. The Morgan fingerprint density at radius 1 is 1.19 bits per heavy atom. The SMILES string of the molecule is CNCc1cc(C)nc(Oc2ccccc2C(F)(F)F)c1. The Morgan fingerprint density at radius 2 is 1.90 bits per heavy atom. The molecule has 0 saturated heterocycles. The number of rotatable bonds is 4. The zero-order valence-corrected chi connectivity index (χ0v) is 11.7. The number of halogens is 3. The second-order valence-electron chi connectivity index (χ2n) is 4.58. The molecule has 2 aromatic rings. The normalized spacial score (nSPS) is 11.5. The van der Waals surface area contributed by atoms with Crippen molar-refractivity contribution in [1.29, 1.82) is 0 Å². The molecular weight excluding hydrogens is 281 g/mol. The van der Waals surface area contributed by atoms with Crippen molar-refractivity contribution in [2.24, 2.45) is 0 Å². The third kappa shape index (κ3) is 3.95. The largest absolute Gasteiger partial charge is 0.438 e. The van der Waals surface area contributed by atoms with E-state index in [1.54, 1.807) is 20.0 Å². The van der Waals surface area contributed by atoms with Crippen molar-refractivity contribution < 1.29 is 17.9 Å². The summed E-state index contributed by atoms with van der Waals surface area (Å²) in [7, 11) is 1.79. The molecule has 0 saturated carbocycles. The number of nitrogens with zero attached hydrogens (tertiary/aromatic N) is 1. The molecule has 0 atom stereocenters. The number of aryl methyl sites for hydroxylation is 1. The number of aromatic nitrogens is 1. The molecule has 0 amide bonds. The van der Waals surface area contributed by atoms with E-state index in [1.807, 2.05) is 6.07 Å². The first-order chi connectivity index (χ1) is 9.90. The Kier molecular flexibility index (Phi) is 4.47. The van der Waals surface area contributed by atoms with Gasteiger partial charge in [0.25, 0.3) is 0 Å². The summed E-state index contributed by atoms with van der Waals surface area (Å²) in [5, 5.41) is 2.97. The van der Waals surface area contributed by atoms with Crippen molar-refractivity contribution in [3.05, 3.63) is 53.2 Å². The molecule has 0 spiro atoms. The first kappa shape index (κ1) is 15.3. The molecule has 1 heterocycles. The molecule has 0 aliphatic carbocycles. The second-order valence-corrected chi connectivity index (χ2v) is 4.58. The van der Waals surface area contributed by atoms with E-state index >= 15 is 0 Å². The summed E-state index contributed by atoms with van der Waals surface area (Å²) in [5.74, 6) is -0.101. The van der Waals surface area contributed by atoms with Crippen molar-refractivity contribution in [2.75, 3.05) is 7.05 Å². The van der Waals surface area contributed by atoms with Gasteiger partial charge in [-0.2, -0.15) is 13.2 Å². The number of ether oxygens (including phenoxy) is 1. The van der Waals surface area contributed by atoms with Crippen LogP contribution in [0.4, 0.5) is 13.2 Å². The van der Waals surface area contributed by atoms with Gasteiger partial charge in [-0.05, 0) is 37.7 Å². The van der Waals surface area contributed by atoms with Crippen molar-refractivity contribution >= 4 is 0 Å². The topological polar surface area (TPSA) is 34.2 Å². The van der Waals surface area contributed by atoms with Gasteiger partial charge in [-0.1, -0.05) is 12.1 Å². The summed E-state index contributed by atoms with van der Waals surface area (Å²) in [6.45, 7) is 2.35. The lowest BCUT2D eigenvalue weighted by atomic mass is 10.2. The zero-order chi connectivity index (χ0) is 15.5. The lowest BCUT2D eigenvalue weighted by Gasteiger charge is -2.13. The molecule has 3 nitrogen and oxygen atoms in total. The maximum absolute atomic E-state index is 12.9. The molecule has 6 heteroatoms. The molecular formula is C15H15F3N2O. The van der Waals surface area contributed by atoms with E-state index in [0.29, 0.717) is 12.2 Å². The summed E-state index contributed by atoms with van der Waals surface area (Å²) in [5.41, 5.74) is 0.759. The van der Waals surface area contributed by atoms with Crippen LogP contribution in [0.2, 0.25) is 0 Å². The van der Waals surface area contributed by atoms with E-state index in [2.05, 4.69) is 10.3 Å². The van der Waals surface area contributed by atoms with Gasteiger partial charge < -0.3 is 10.1 Å². The zero-order valence-electron chi connectivity index (χ0n) is 11.7. The van der Waals surface area contributed by atoms with Gasteiger partial charge in [0, 0.05) is 18.3 Å². The number of pyridine rings is 1. The maximum atomic E-state index is 12.9. The fraction of sp³-hybridized carbons (Fsp3) is 0.267. The summed E-state index contributed by atoms with van der Waals surface area (Å²) < 4.78 is 44.1. The Balaban J connectivity index is 2.35. The molecule has 112 valence electrons. The fourth-order valence-corrected chi connectivity index (χ4v) is 1.97. The molecule has 0 aliphatic rings. The number of para-hydroxylation sites is 1. The summed E-state index contributed by atoms with van der Waals surface area (Å²) >= 11 is 0. The molecule has 0 fully saturated rings. The van der Waals surface area contributed by atoms with Crippen LogP contribution in [0.5, 0.6) is 11.6 Å². The average Bonchev–Trinajstić information content (AvgIpc) is 2.37. The van der Waals surface area contributed by atoms with Gasteiger partial charge in [0.2, 0.25) is 5.88 Å². The van der Waals surface area contributed by atoms with Gasteiger partial charge in [-0.3, -0.25) is 0 Å². The van der Waals surface area contributed by atoms with Crippen LogP contribution in [-0.4, -0.2) is 12.0 Å². The van der Waals surface area contributed by atoms with Gasteiger partial charge in [-0.15, -0.1) is 0 Å². The number of alkyl halides is 3. The van der Waals surface area contributed by atoms with Crippen LogP contribution < -0.4 is 10.1 Å². The van der Waals surface area contributed by atoms with Gasteiger partial charge in [0.05, 0.1) is 5.56 Å². The number of benzene rings is 1. The maximum Gasteiger partial charge on any atom is 0.419 e. The molecule has 1 aromatic heterocycles. The van der Waals surface area contributed by atoms with Gasteiger partial charge in [-0.25, -0.2) is 4.98 Å². The number of hydrogen-bond acceptors (Lipinski definition) is 3. The van der Waals surface area contributed by atoms with E-state index in [0.717, 1.165) is 11.6 Å². The van der Waals surface area contributed by atoms with Crippen LogP contribution in [0.1, 0.15) is 16.8 Å². The minimum absolute atomic E-state index is 0.150. The molecule has 2 rings (SSSR count). The van der Waals surface area contributed by atoms with Gasteiger partial charge >= 0.3 is 6.18 Å². The first-order valence-electron chi connectivity index (χ1n) is 6.36. The minimum Gasteiger partial charge on any atom is -0.438 e. The van der Waals surface area contributed by atoms with Crippen molar-refractivity contribution in [2.45, 2.75) is 19.6 Å². The molecule has 0 unspecified atom stereocenters. The predicted molar refractivity (Wildman–Crippen MR) is 73.3 cm³/mol. The fourth-order valence-electron chi connectivity index (χ4n) is 1.97. The minimum atomic E-state index is -4.46. The summed E-state index contributed by atoms with van der Waals surface area (Å²) in [6.07, 6.45) is -4.46. The highest BCUT2D eigenvalue weighted by Gasteiger charge is 2.34. The van der Waals surface area contributed by atoms with Crippen LogP contribution in [0.3, 0.4) is 0 Å². The van der Waals surface area contributed by atoms with Crippen LogP contribution >= 0.6 is 0 Å². The monoisotopic (exact) mass is 296 g/mol. The summed E-state index contributed by atoms with van der Waals surface area (Å²) in [4.78, 5) is 4.12. The van der Waals surface area contributed by atoms with Gasteiger partial charge in [0.1, 0.15) is 5.75 Å². The predicted octanol–water partition coefficient (Wildman–Crippen LogP) is 3.92. The number of nitrogens with one attached hydrogen (secondary N) is 1. The second kappa shape index (κ2) is 6.13. The average molecular weight is 296 g/mol. The highest BCUT2D eigenvalue weighted by Crippen LogP contribution is 2.37. The lowest BCUT2D eigenvalue weighted by molar-refractivity contribution is -0.138. The van der Waals surface area contributed by atoms with Crippen molar-refractivity contribution in [1.82, 2.24) is 10.3 Å². The Morgan fingerprint density at radius 3 is 2.57 bits per heavy atom.